The van der Waals surface area contributed by atoms with E-state index in [1.165, 1.54) is 31.4 Å². The van der Waals surface area contributed by atoms with E-state index in [0.717, 1.165) is 11.1 Å². The number of hydrogen-bond donors (Lipinski definition) is 3. The lowest BCUT2D eigenvalue weighted by Gasteiger charge is -2.26. The van der Waals surface area contributed by atoms with Crippen molar-refractivity contribution in [1.82, 2.24) is 4.72 Å². The van der Waals surface area contributed by atoms with Crippen LogP contribution in [0.2, 0.25) is 0 Å². The number of methoxy groups -OCH3 is 1. The highest BCUT2D eigenvalue weighted by Gasteiger charge is 2.27. The van der Waals surface area contributed by atoms with E-state index < -0.39 is 22.1 Å². The summed E-state index contributed by atoms with van der Waals surface area (Å²) in [7, 11) is -2.59. The molecule has 0 bridgehead atoms. The summed E-state index contributed by atoms with van der Waals surface area (Å²) >= 11 is 0. The molecule has 4 N–H and O–H groups in total. The molecular formula is C27H31N3O5S. The van der Waals surface area contributed by atoms with Gasteiger partial charge >= 0.3 is 5.97 Å². The van der Waals surface area contributed by atoms with Crippen molar-refractivity contribution < 1.29 is 22.7 Å². The fourth-order valence-corrected chi connectivity index (χ4v) is 4.96. The van der Waals surface area contributed by atoms with Crippen molar-refractivity contribution in [2.24, 2.45) is 5.73 Å². The Labute approximate surface area is 211 Å². The Morgan fingerprint density at radius 3 is 1.97 bits per heavy atom. The SMILES string of the molecule is COC(=O)CCCCC(=O)Nc1ccc(S(=O)(=O)N[C@H](c2ccccc2)[C@H](N)c2ccccc2)cc1. The van der Waals surface area contributed by atoms with Crippen LogP contribution in [0.4, 0.5) is 5.69 Å². The van der Waals surface area contributed by atoms with Crippen molar-refractivity contribution >= 4 is 27.6 Å². The topological polar surface area (TPSA) is 128 Å². The molecule has 0 fully saturated rings. The van der Waals surface area contributed by atoms with Gasteiger partial charge in [-0.2, -0.15) is 0 Å². The molecule has 0 unspecified atom stereocenters. The van der Waals surface area contributed by atoms with E-state index >= 15 is 0 Å². The lowest BCUT2D eigenvalue weighted by atomic mass is 9.95. The molecule has 0 aromatic heterocycles. The van der Waals surface area contributed by atoms with Crippen molar-refractivity contribution in [2.45, 2.75) is 42.7 Å². The van der Waals surface area contributed by atoms with Crippen molar-refractivity contribution in [3.8, 4) is 0 Å². The van der Waals surface area contributed by atoms with E-state index in [2.05, 4.69) is 14.8 Å². The van der Waals surface area contributed by atoms with E-state index in [9.17, 15) is 18.0 Å². The number of esters is 1. The number of rotatable bonds is 12. The number of hydrogen-bond acceptors (Lipinski definition) is 6. The van der Waals surface area contributed by atoms with Crippen molar-refractivity contribution in [1.29, 1.82) is 0 Å². The smallest absolute Gasteiger partial charge is 0.305 e. The van der Waals surface area contributed by atoms with Crippen LogP contribution >= 0.6 is 0 Å². The van der Waals surface area contributed by atoms with Gasteiger partial charge in [-0.25, -0.2) is 13.1 Å². The Hall–Kier alpha value is -3.53. The molecule has 9 heteroatoms. The molecule has 0 aliphatic heterocycles. The number of benzene rings is 3. The largest absolute Gasteiger partial charge is 0.469 e. The van der Waals surface area contributed by atoms with E-state index in [1.807, 2.05) is 60.7 Å². The van der Waals surface area contributed by atoms with Crippen molar-refractivity contribution in [2.75, 3.05) is 12.4 Å². The first-order chi connectivity index (χ1) is 17.3. The minimum absolute atomic E-state index is 0.0553. The van der Waals surface area contributed by atoms with Gasteiger partial charge in [0, 0.05) is 18.5 Å². The van der Waals surface area contributed by atoms with Crippen LogP contribution in [0.3, 0.4) is 0 Å². The minimum atomic E-state index is -3.92. The van der Waals surface area contributed by atoms with Gasteiger partial charge in [0.1, 0.15) is 0 Å². The number of sulfonamides is 1. The zero-order chi connectivity index (χ0) is 26.0. The average Bonchev–Trinajstić information content (AvgIpc) is 2.90. The van der Waals surface area contributed by atoms with Crippen LogP contribution in [-0.4, -0.2) is 27.4 Å². The number of carbonyl (C=O) groups is 2. The van der Waals surface area contributed by atoms with Gasteiger partial charge in [0.05, 0.1) is 24.1 Å². The maximum atomic E-state index is 13.2. The lowest BCUT2D eigenvalue weighted by molar-refractivity contribution is -0.140. The summed E-state index contributed by atoms with van der Waals surface area (Å²) in [6.07, 6.45) is 1.60. The normalized spacial score (nSPS) is 12.9. The highest BCUT2D eigenvalue weighted by atomic mass is 32.2. The molecule has 0 spiro atoms. The Kier molecular flexibility index (Phi) is 9.75. The van der Waals surface area contributed by atoms with Gasteiger partial charge in [-0.1, -0.05) is 60.7 Å². The summed E-state index contributed by atoms with van der Waals surface area (Å²) in [6, 6.07) is 23.2. The van der Waals surface area contributed by atoms with Gasteiger partial charge < -0.3 is 15.8 Å². The molecule has 3 rings (SSSR count). The molecule has 8 nitrogen and oxygen atoms in total. The predicted molar refractivity (Wildman–Crippen MR) is 138 cm³/mol. The number of carbonyl (C=O) groups excluding carboxylic acids is 2. The Balaban J connectivity index is 1.68. The lowest BCUT2D eigenvalue weighted by Crippen LogP contribution is -2.36. The van der Waals surface area contributed by atoms with Crippen LogP contribution in [0.5, 0.6) is 0 Å². The molecule has 0 radical (unpaired) electrons. The summed E-state index contributed by atoms with van der Waals surface area (Å²) < 4.78 is 33.8. The second kappa shape index (κ2) is 13.0. The van der Waals surface area contributed by atoms with E-state index in [-0.39, 0.29) is 29.6 Å². The summed E-state index contributed by atoms with van der Waals surface area (Å²) in [5.41, 5.74) is 8.54. The Morgan fingerprint density at radius 1 is 0.833 bits per heavy atom. The third-order valence-electron chi connectivity index (χ3n) is 5.70. The third kappa shape index (κ3) is 7.74. The first kappa shape index (κ1) is 27.1. The minimum Gasteiger partial charge on any atom is -0.469 e. The quantitative estimate of drug-likeness (QED) is 0.249. The summed E-state index contributed by atoms with van der Waals surface area (Å²) in [5.74, 6) is -0.522. The molecule has 0 aliphatic rings. The highest BCUT2D eigenvalue weighted by Crippen LogP contribution is 2.29. The molecule has 0 heterocycles. The first-order valence-electron chi connectivity index (χ1n) is 11.6. The van der Waals surface area contributed by atoms with Gasteiger partial charge in [0.2, 0.25) is 15.9 Å². The fraction of sp³-hybridized carbons (Fsp3) is 0.259. The van der Waals surface area contributed by atoms with E-state index in [1.54, 1.807) is 0 Å². The van der Waals surface area contributed by atoms with Crippen LogP contribution in [0.25, 0.3) is 0 Å². The molecule has 0 saturated heterocycles. The highest BCUT2D eigenvalue weighted by molar-refractivity contribution is 7.89. The molecular weight excluding hydrogens is 478 g/mol. The van der Waals surface area contributed by atoms with Crippen molar-refractivity contribution in [3.63, 3.8) is 0 Å². The van der Waals surface area contributed by atoms with Gasteiger partial charge in [-0.15, -0.1) is 0 Å². The predicted octanol–water partition coefficient (Wildman–Crippen LogP) is 4.08. The van der Waals surface area contributed by atoms with Crippen LogP contribution < -0.4 is 15.8 Å². The van der Waals surface area contributed by atoms with Gasteiger partial charge in [-0.3, -0.25) is 9.59 Å². The van der Waals surface area contributed by atoms with Crippen LogP contribution in [0.15, 0.2) is 89.8 Å². The van der Waals surface area contributed by atoms with Gasteiger partial charge in [0.15, 0.2) is 0 Å². The maximum absolute atomic E-state index is 13.2. The van der Waals surface area contributed by atoms with Crippen LogP contribution in [-0.2, 0) is 24.3 Å². The molecule has 3 aromatic rings. The zero-order valence-corrected chi connectivity index (χ0v) is 20.9. The number of nitrogens with two attached hydrogens (primary N) is 1. The Morgan fingerprint density at radius 2 is 1.39 bits per heavy atom. The third-order valence-corrected chi connectivity index (χ3v) is 7.15. The standard InChI is InChI=1S/C27H31N3O5S/c1-35-25(32)15-9-8-14-24(31)29-22-16-18-23(19-17-22)36(33,34)30-27(21-12-6-3-7-13-21)26(28)20-10-4-2-5-11-20/h2-7,10-13,16-19,26-27,30H,8-9,14-15,28H2,1H3,(H,29,31)/t26-,27-/m1/s1. The second-order valence-corrected chi connectivity index (χ2v) is 10.0. The van der Waals surface area contributed by atoms with Gasteiger partial charge in [-0.05, 0) is 48.2 Å². The summed E-state index contributed by atoms with van der Waals surface area (Å²) in [6.45, 7) is 0. The van der Waals surface area contributed by atoms with Crippen molar-refractivity contribution in [3.05, 3.63) is 96.1 Å². The first-order valence-corrected chi connectivity index (χ1v) is 13.1. The van der Waals surface area contributed by atoms with Gasteiger partial charge in [0.25, 0.3) is 0 Å². The van der Waals surface area contributed by atoms with Crippen LogP contribution in [0, 0.1) is 0 Å². The molecule has 3 aromatic carbocycles. The Bertz CT molecular complexity index is 1230. The monoisotopic (exact) mass is 509 g/mol. The molecule has 190 valence electrons. The number of anilines is 1. The molecule has 36 heavy (non-hydrogen) atoms. The fourth-order valence-electron chi connectivity index (χ4n) is 3.71. The number of unbranched alkanes of at least 4 members (excludes halogenated alkanes) is 1. The molecule has 0 aliphatic carbocycles. The maximum Gasteiger partial charge on any atom is 0.305 e. The molecule has 0 saturated carbocycles. The van der Waals surface area contributed by atoms with Crippen LogP contribution in [0.1, 0.15) is 48.9 Å². The second-order valence-electron chi connectivity index (χ2n) is 8.30. The van der Waals surface area contributed by atoms with E-state index in [4.69, 9.17) is 5.73 Å². The van der Waals surface area contributed by atoms with E-state index in [0.29, 0.717) is 18.5 Å². The number of amides is 1. The zero-order valence-electron chi connectivity index (χ0n) is 20.1. The average molecular weight is 510 g/mol. The summed E-state index contributed by atoms with van der Waals surface area (Å²) in [5, 5.41) is 2.74. The number of nitrogens with one attached hydrogen (secondary N) is 2. The molecule has 1 amide bonds. The molecule has 2 atom stereocenters. The number of ether oxygens (including phenoxy) is 1. The summed E-state index contributed by atoms with van der Waals surface area (Å²) in [4.78, 5) is 23.3.